The van der Waals surface area contributed by atoms with E-state index in [9.17, 15) is 4.79 Å². The molecule has 26 heavy (non-hydrogen) atoms. The van der Waals surface area contributed by atoms with Gasteiger partial charge in [0.15, 0.2) is 0 Å². The minimum atomic E-state index is -0.00290. The maximum atomic E-state index is 12.6. The summed E-state index contributed by atoms with van der Waals surface area (Å²) in [6.07, 6.45) is 2.04. The van der Waals surface area contributed by atoms with Gasteiger partial charge < -0.3 is 14.5 Å². The lowest BCUT2D eigenvalue weighted by atomic mass is 10.1. The number of amides is 1. The van der Waals surface area contributed by atoms with Crippen LogP contribution < -0.4 is 4.90 Å². The maximum Gasteiger partial charge on any atom is 0.225 e. The van der Waals surface area contributed by atoms with Crippen molar-refractivity contribution < 1.29 is 9.53 Å². The highest BCUT2D eigenvalue weighted by Crippen LogP contribution is 2.16. The standard InChI is InChI=1S/C19H27N5O2/c1-15(2)24-9-10-26-17(14-24)11-19(25)23-7-5-22(6-8-23)18-4-3-16(12-20)13-21-18/h3-4,13,15,17H,5-11,14H2,1-2H3/t17-/m1/s1. The summed E-state index contributed by atoms with van der Waals surface area (Å²) in [7, 11) is 0. The predicted octanol–water partition coefficient (Wildman–Crippen LogP) is 1.10. The van der Waals surface area contributed by atoms with E-state index < -0.39 is 0 Å². The number of hydrogen-bond acceptors (Lipinski definition) is 6. The molecule has 3 heterocycles. The molecule has 0 saturated carbocycles. The number of nitriles is 1. The number of anilines is 1. The Bertz CT molecular complexity index is 647. The quantitative estimate of drug-likeness (QED) is 0.804. The minimum absolute atomic E-state index is 0.00290. The summed E-state index contributed by atoms with van der Waals surface area (Å²) >= 11 is 0. The summed E-state index contributed by atoms with van der Waals surface area (Å²) in [6.45, 7) is 9.75. The Hall–Kier alpha value is -2.17. The van der Waals surface area contributed by atoms with Gasteiger partial charge >= 0.3 is 0 Å². The fraction of sp³-hybridized carbons (Fsp3) is 0.632. The monoisotopic (exact) mass is 357 g/mol. The first-order valence-electron chi connectivity index (χ1n) is 9.31. The van der Waals surface area contributed by atoms with Crippen molar-refractivity contribution in [1.82, 2.24) is 14.8 Å². The fourth-order valence-electron chi connectivity index (χ4n) is 3.48. The summed E-state index contributed by atoms with van der Waals surface area (Å²) < 4.78 is 5.80. The molecule has 7 heteroatoms. The van der Waals surface area contributed by atoms with Gasteiger partial charge in [-0.15, -0.1) is 0 Å². The molecule has 2 fully saturated rings. The zero-order chi connectivity index (χ0) is 18.5. The number of piperazine rings is 1. The Morgan fingerprint density at radius 1 is 1.31 bits per heavy atom. The Morgan fingerprint density at radius 3 is 2.69 bits per heavy atom. The molecule has 0 bridgehead atoms. The van der Waals surface area contributed by atoms with Gasteiger partial charge in [0, 0.05) is 51.5 Å². The largest absolute Gasteiger partial charge is 0.375 e. The molecule has 0 aromatic carbocycles. The van der Waals surface area contributed by atoms with Gasteiger partial charge in [-0.05, 0) is 26.0 Å². The molecule has 2 aliphatic rings. The van der Waals surface area contributed by atoms with Gasteiger partial charge in [-0.1, -0.05) is 0 Å². The molecule has 1 aromatic rings. The van der Waals surface area contributed by atoms with Crippen LogP contribution in [0.2, 0.25) is 0 Å². The molecular weight excluding hydrogens is 330 g/mol. The van der Waals surface area contributed by atoms with Crippen molar-refractivity contribution in [3.63, 3.8) is 0 Å². The first-order valence-corrected chi connectivity index (χ1v) is 9.31. The highest BCUT2D eigenvalue weighted by Gasteiger charge is 2.28. The third-order valence-corrected chi connectivity index (χ3v) is 5.14. The molecule has 140 valence electrons. The molecule has 0 aliphatic carbocycles. The van der Waals surface area contributed by atoms with Crippen LogP contribution in [0.4, 0.5) is 5.82 Å². The van der Waals surface area contributed by atoms with Crippen LogP contribution in [0.5, 0.6) is 0 Å². The third-order valence-electron chi connectivity index (χ3n) is 5.14. The van der Waals surface area contributed by atoms with E-state index in [1.54, 1.807) is 12.3 Å². The van der Waals surface area contributed by atoms with Crippen molar-refractivity contribution in [2.75, 3.05) is 50.8 Å². The maximum absolute atomic E-state index is 12.6. The Morgan fingerprint density at radius 2 is 2.08 bits per heavy atom. The van der Waals surface area contributed by atoms with E-state index in [1.807, 2.05) is 11.0 Å². The number of morpholine rings is 1. The van der Waals surface area contributed by atoms with Crippen LogP contribution in [0, 0.1) is 11.3 Å². The van der Waals surface area contributed by atoms with Crippen LogP contribution in [-0.2, 0) is 9.53 Å². The molecule has 1 aromatic heterocycles. The molecule has 0 unspecified atom stereocenters. The third kappa shape index (κ3) is 4.51. The molecule has 0 radical (unpaired) electrons. The summed E-state index contributed by atoms with van der Waals surface area (Å²) in [5, 5.41) is 8.85. The van der Waals surface area contributed by atoms with Gasteiger partial charge in [0.25, 0.3) is 0 Å². The van der Waals surface area contributed by atoms with Crippen molar-refractivity contribution >= 4 is 11.7 Å². The molecule has 2 aliphatic heterocycles. The zero-order valence-corrected chi connectivity index (χ0v) is 15.6. The van der Waals surface area contributed by atoms with Crippen LogP contribution in [0.3, 0.4) is 0 Å². The number of pyridine rings is 1. The molecule has 1 amide bonds. The minimum Gasteiger partial charge on any atom is -0.375 e. The van der Waals surface area contributed by atoms with Crippen molar-refractivity contribution in [2.24, 2.45) is 0 Å². The van der Waals surface area contributed by atoms with Crippen LogP contribution in [0.25, 0.3) is 0 Å². The van der Waals surface area contributed by atoms with Crippen LogP contribution >= 0.6 is 0 Å². The van der Waals surface area contributed by atoms with E-state index in [4.69, 9.17) is 10.00 Å². The smallest absolute Gasteiger partial charge is 0.225 e. The first kappa shape index (κ1) is 18.6. The molecule has 1 atom stereocenters. The lowest BCUT2D eigenvalue weighted by molar-refractivity contribution is -0.136. The topological polar surface area (TPSA) is 72.7 Å². The number of carbonyl (C=O) groups is 1. The molecule has 2 saturated heterocycles. The van der Waals surface area contributed by atoms with Crippen molar-refractivity contribution in [1.29, 1.82) is 5.26 Å². The Kier molecular flexibility index (Phi) is 6.07. The second-order valence-electron chi connectivity index (χ2n) is 7.17. The van der Waals surface area contributed by atoms with Gasteiger partial charge in [-0.25, -0.2) is 4.98 Å². The van der Waals surface area contributed by atoms with Gasteiger partial charge in [0.1, 0.15) is 11.9 Å². The second-order valence-corrected chi connectivity index (χ2v) is 7.17. The van der Waals surface area contributed by atoms with Crippen molar-refractivity contribution in [2.45, 2.75) is 32.4 Å². The van der Waals surface area contributed by atoms with E-state index in [0.29, 0.717) is 37.7 Å². The summed E-state index contributed by atoms with van der Waals surface area (Å²) in [4.78, 5) is 23.4. The van der Waals surface area contributed by atoms with E-state index in [1.165, 1.54) is 0 Å². The number of ether oxygens (including phenoxy) is 1. The summed E-state index contributed by atoms with van der Waals surface area (Å²) in [5.74, 6) is 1.03. The van der Waals surface area contributed by atoms with E-state index in [2.05, 4.69) is 34.7 Å². The lowest BCUT2D eigenvalue weighted by Gasteiger charge is -2.38. The van der Waals surface area contributed by atoms with E-state index >= 15 is 0 Å². The van der Waals surface area contributed by atoms with E-state index in [0.717, 1.165) is 32.0 Å². The zero-order valence-electron chi connectivity index (χ0n) is 15.6. The van der Waals surface area contributed by atoms with Gasteiger partial charge in [0.2, 0.25) is 5.91 Å². The van der Waals surface area contributed by atoms with Gasteiger partial charge in [0.05, 0.1) is 24.7 Å². The average Bonchev–Trinajstić information content (AvgIpc) is 2.68. The predicted molar refractivity (Wildman–Crippen MR) is 98.8 cm³/mol. The Labute approximate surface area is 155 Å². The van der Waals surface area contributed by atoms with Crippen molar-refractivity contribution in [3.05, 3.63) is 23.9 Å². The number of nitrogens with zero attached hydrogens (tertiary/aromatic N) is 5. The molecule has 0 N–H and O–H groups in total. The number of aromatic nitrogens is 1. The number of hydrogen-bond donors (Lipinski definition) is 0. The normalized spacial score (nSPS) is 21.7. The molecule has 3 rings (SSSR count). The number of rotatable bonds is 4. The van der Waals surface area contributed by atoms with Gasteiger partial charge in [-0.2, -0.15) is 5.26 Å². The van der Waals surface area contributed by atoms with Crippen molar-refractivity contribution in [3.8, 4) is 6.07 Å². The van der Waals surface area contributed by atoms with E-state index in [-0.39, 0.29) is 12.0 Å². The Balaban J connectivity index is 1.48. The summed E-state index contributed by atoms with van der Waals surface area (Å²) in [6, 6.07) is 6.21. The fourth-order valence-corrected chi connectivity index (χ4v) is 3.48. The summed E-state index contributed by atoms with van der Waals surface area (Å²) in [5.41, 5.74) is 0.561. The number of carbonyl (C=O) groups excluding carboxylic acids is 1. The lowest BCUT2D eigenvalue weighted by Crippen LogP contribution is -2.51. The van der Waals surface area contributed by atoms with Crippen LogP contribution in [-0.4, -0.2) is 78.7 Å². The second kappa shape index (κ2) is 8.47. The first-order chi connectivity index (χ1) is 12.6. The van der Waals surface area contributed by atoms with Gasteiger partial charge in [-0.3, -0.25) is 9.69 Å². The molecular formula is C19H27N5O2. The molecule has 0 spiro atoms. The highest BCUT2D eigenvalue weighted by atomic mass is 16.5. The van der Waals surface area contributed by atoms with Crippen LogP contribution in [0.1, 0.15) is 25.8 Å². The highest BCUT2D eigenvalue weighted by molar-refractivity contribution is 5.77. The van der Waals surface area contributed by atoms with Crippen LogP contribution in [0.15, 0.2) is 18.3 Å². The SMILES string of the molecule is CC(C)N1CCO[C@H](CC(=O)N2CCN(c3ccc(C#N)cn3)CC2)C1. The average molecular weight is 357 g/mol. The molecule has 7 nitrogen and oxygen atoms in total.